The molecule has 0 unspecified atom stereocenters. The molecule has 1 saturated heterocycles. The Hall–Kier alpha value is -3.01. The normalized spacial score (nSPS) is 19.8. The van der Waals surface area contributed by atoms with Gasteiger partial charge in [-0.3, -0.25) is 4.79 Å². The lowest BCUT2D eigenvalue weighted by molar-refractivity contribution is -0.121. The molecule has 1 amide bonds. The summed E-state index contributed by atoms with van der Waals surface area (Å²) in [6, 6.07) is 17.5. The van der Waals surface area contributed by atoms with Crippen LogP contribution in [0.1, 0.15) is 47.3 Å². The predicted molar refractivity (Wildman–Crippen MR) is 145 cm³/mol. The summed E-state index contributed by atoms with van der Waals surface area (Å²) in [5.74, 6) is -1.39. The second kappa shape index (κ2) is 10.4. The maximum absolute atomic E-state index is 13.7. The van der Waals surface area contributed by atoms with Crippen LogP contribution in [0, 0.1) is 12.8 Å². The second-order valence-electron chi connectivity index (χ2n) is 9.84. The number of hydrogen-bond acceptors (Lipinski definition) is 5. The minimum absolute atomic E-state index is 0.0930. The van der Waals surface area contributed by atoms with Crippen LogP contribution in [-0.2, 0) is 14.8 Å². The van der Waals surface area contributed by atoms with Crippen molar-refractivity contribution in [3.05, 3.63) is 71.1 Å². The summed E-state index contributed by atoms with van der Waals surface area (Å²) < 4.78 is 28.4. The summed E-state index contributed by atoms with van der Waals surface area (Å²) in [7, 11) is -3.88. The van der Waals surface area contributed by atoms with Crippen molar-refractivity contribution < 1.29 is 23.1 Å². The SMILES string of the molecule is Cc1ccc(S(=O)(=O)N2CC(=O)N(c3cc(-c4ccccc4)sc3C(=O)O)[C@H](C3CCCCC3)C2)cc1. The number of carbonyl (C=O) groups excluding carboxylic acids is 1. The molecule has 3 aromatic rings. The Balaban J connectivity index is 1.56. The molecule has 37 heavy (non-hydrogen) atoms. The molecule has 1 saturated carbocycles. The molecule has 1 aliphatic carbocycles. The summed E-state index contributed by atoms with van der Waals surface area (Å²) in [5, 5.41) is 10.1. The Morgan fingerprint density at radius 3 is 2.32 bits per heavy atom. The number of benzene rings is 2. The molecule has 194 valence electrons. The minimum Gasteiger partial charge on any atom is -0.477 e. The Morgan fingerprint density at radius 1 is 1.00 bits per heavy atom. The van der Waals surface area contributed by atoms with Crippen LogP contribution in [0.3, 0.4) is 0 Å². The molecule has 2 aliphatic rings. The number of aryl methyl sites for hydroxylation is 1. The zero-order chi connectivity index (χ0) is 26.2. The number of carboxylic acid groups (broad SMARTS) is 1. The molecule has 2 aromatic carbocycles. The number of thiophene rings is 1. The van der Waals surface area contributed by atoms with Crippen molar-refractivity contribution in [1.82, 2.24) is 4.31 Å². The Bertz CT molecular complexity index is 1390. The van der Waals surface area contributed by atoms with Crippen LogP contribution in [0.4, 0.5) is 5.69 Å². The molecule has 5 rings (SSSR count). The lowest BCUT2D eigenvalue weighted by atomic mass is 9.82. The number of anilines is 1. The number of carbonyl (C=O) groups is 2. The van der Waals surface area contributed by atoms with Crippen molar-refractivity contribution in [1.29, 1.82) is 0 Å². The highest BCUT2D eigenvalue weighted by Crippen LogP contribution is 2.42. The smallest absolute Gasteiger partial charge is 0.348 e. The number of sulfonamides is 1. The third-order valence-corrected chi connectivity index (χ3v) is 10.4. The maximum Gasteiger partial charge on any atom is 0.348 e. The summed E-state index contributed by atoms with van der Waals surface area (Å²) >= 11 is 1.14. The van der Waals surface area contributed by atoms with Gasteiger partial charge in [0.1, 0.15) is 4.88 Å². The van der Waals surface area contributed by atoms with E-state index in [-0.39, 0.29) is 28.8 Å². The number of amides is 1. The molecule has 0 radical (unpaired) electrons. The van der Waals surface area contributed by atoms with E-state index in [1.165, 1.54) is 4.31 Å². The molecule has 0 spiro atoms. The van der Waals surface area contributed by atoms with E-state index >= 15 is 0 Å². The molecular formula is C28H30N2O5S2. The number of rotatable bonds is 6. The largest absolute Gasteiger partial charge is 0.477 e. The molecule has 2 fully saturated rings. The van der Waals surface area contributed by atoms with Crippen molar-refractivity contribution in [2.24, 2.45) is 5.92 Å². The average Bonchev–Trinajstić information content (AvgIpc) is 3.35. The topological polar surface area (TPSA) is 95.0 Å². The fraction of sp³-hybridized carbons (Fsp3) is 0.357. The molecule has 1 aliphatic heterocycles. The van der Waals surface area contributed by atoms with Gasteiger partial charge >= 0.3 is 5.97 Å². The second-order valence-corrected chi connectivity index (χ2v) is 12.8. The molecular weight excluding hydrogens is 508 g/mol. The van der Waals surface area contributed by atoms with Crippen LogP contribution in [0.25, 0.3) is 10.4 Å². The third kappa shape index (κ3) is 5.08. The first kappa shape index (κ1) is 25.6. The zero-order valence-electron chi connectivity index (χ0n) is 20.7. The molecule has 1 N–H and O–H groups in total. The minimum atomic E-state index is -3.88. The summed E-state index contributed by atoms with van der Waals surface area (Å²) in [6.45, 7) is 1.71. The van der Waals surface area contributed by atoms with Gasteiger partial charge in [-0.2, -0.15) is 4.31 Å². The zero-order valence-corrected chi connectivity index (χ0v) is 22.3. The lowest BCUT2D eigenvalue weighted by Gasteiger charge is -2.44. The first-order chi connectivity index (χ1) is 17.8. The highest BCUT2D eigenvalue weighted by atomic mass is 32.2. The van der Waals surface area contributed by atoms with Gasteiger partial charge in [0.2, 0.25) is 15.9 Å². The van der Waals surface area contributed by atoms with Crippen molar-refractivity contribution in [3.63, 3.8) is 0 Å². The van der Waals surface area contributed by atoms with Crippen molar-refractivity contribution in [3.8, 4) is 10.4 Å². The highest BCUT2D eigenvalue weighted by molar-refractivity contribution is 7.89. The van der Waals surface area contributed by atoms with Gasteiger partial charge in [-0.15, -0.1) is 11.3 Å². The van der Waals surface area contributed by atoms with E-state index in [4.69, 9.17) is 0 Å². The molecule has 1 atom stereocenters. The predicted octanol–water partition coefficient (Wildman–Crippen LogP) is 5.41. The summed E-state index contributed by atoms with van der Waals surface area (Å²) in [6.07, 6.45) is 4.90. The first-order valence-electron chi connectivity index (χ1n) is 12.6. The maximum atomic E-state index is 13.7. The van der Waals surface area contributed by atoms with Gasteiger partial charge in [-0.05, 0) is 49.4 Å². The standard InChI is InChI=1S/C28H30N2O5S2/c1-19-12-14-22(15-13-19)37(34,35)29-17-24(20-8-4-2-5-9-20)30(26(31)18-29)23-16-25(36-27(23)28(32)33)21-10-6-3-7-11-21/h3,6-7,10-16,20,24H,2,4-5,8-9,17-18H2,1H3,(H,32,33)/t24-/m0/s1. The van der Waals surface area contributed by atoms with E-state index in [0.29, 0.717) is 5.69 Å². The van der Waals surface area contributed by atoms with Gasteiger partial charge in [-0.25, -0.2) is 13.2 Å². The lowest BCUT2D eigenvalue weighted by Crippen LogP contribution is -2.60. The number of piperazine rings is 1. The van der Waals surface area contributed by atoms with E-state index in [1.54, 1.807) is 35.2 Å². The van der Waals surface area contributed by atoms with Crippen LogP contribution < -0.4 is 4.90 Å². The van der Waals surface area contributed by atoms with Crippen LogP contribution in [0.2, 0.25) is 0 Å². The average molecular weight is 539 g/mol. The Kier molecular flexibility index (Phi) is 7.20. The summed E-state index contributed by atoms with van der Waals surface area (Å²) in [5.41, 5.74) is 2.20. The highest BCUT2D eigenvalue weighted by Gasteiger charge is 2.44. The van der Waals surface area contributed by atoms with Crippen LogP contribution in [0.15, 0.2) is 65.6 Å². The number of aromatic carboxylic acids is 1. The molecule has 1 aromatic heterocycles. The van der Waals surface area contributed by atoms with Crippen LogP contribution >= 0.6 is 11.3 Å². The molecule has 2 heterocycles. The monoisotopic (exact) mass is 538 g/mol. The fourth-order valence-electron chi connectivity index (χ4n) is 5.46. The van der Waals surface area contributed by atoms with Gasteiger partial charge in [0.05, 0.1) is 23.2 Å². The van der Waals surface area contributed by atoms with Gasteiger partial charge < -0.3 is 10.0 Å². The fourth-order valence-corrected chi connectivity index (χ4v) is 7.86. The number of hydrogen-bond donors (Lipinski definition) is 1. The van der Waals surface area contributed by atoms with E-state index < -0.39 is 27.9 Å². The molecule has 0 bridgehead atoms. The van der Waals surface area contributed by atoms with Crippen molar-refractivity contribution >= 4 is 38.9 Å². The number of carboxylic acids is 1. The van der Waals surface area contributed by atoms with Gasteiger partial charge in [0.25, 0.3) is 0 Å². The number of nitrogens with zero attached hydrogens (tertiary/aromatic N) is 2. The summed E-state index contributed by atoms with van der Waals surface area (Å²) in [4.78, 5) is 28.7. The molecule has 9 heteroatoms. The van der Waals surface area contributed by atoms with Crippen LogP contribution in [-0.4, -0.2) is 48.8 Å². The first-order valence-corrected chi connectivity index (χ1v) is 14.8. The van der Waals surface area contributed by atoms with Gasteiger partial charge in [-0.1, -0.05) is 67.3 Å². The Labute approximate surface area is 221 Å². The van der Waals surface area contributed by atoms with E-state index in [9.17, 15) is 23.1 Å². The van der Waals surface area contributed by atoms with Crippen molar-refractivity contribution in [2.75, 3.05) is 18.0 Å². The van der Waals surface area contributed by atoms with E-state index in [1.807, 2.05) is 37.3 Å². The quantitative estimate of drug-likeness (QED) is 0.453. The van der Waals surface area contributed by atoms with E-state index in [2.05, 4.69) is 0 Å². The third-order valence-electron chi connectivity index (χ3n) is 7.38. The van der Waals surface area contributed by atoms with E-state index in [0.717, 1.165) is 59.4 Å². The van der Waals surface area contributed by atoms with Gasteiger partial charge in [0.15, 0.2) is 0 Å². The Morgan fingerprint density at radius 2 is 1.68 bits per heavy atom. The van der Waals surface area contributed by atoms with Crippen molar-refractivity contribution in [2.45, 2.75) is 50.0 Å². The molecule has 7 nitrogen and oxygen atoms in total. The van der Waals surface area contributed by atoms with Gasteiger partial charge in [0, 0.05) is 11.4 Å². The van der Waals surface area contributed by atoms with Crippen LogP contribution in [0.5, 0.6) is 0 Å².